The largest absolute Gasteiger partial charge is 0.454 e. The molecule has 0 aliphatic carbocycles. The maximum Gasteiger partial charge on any atom is 0.251 e. The lowest BCUT2D eigenvalue weighted by atomic mass is 10.0. The number of benzene rings is 3. The van der Waals surface area contributed by atoms with E-state index in [-0.39, 0.29) is 31.6 Å². The number of ether oxygens (including phenoxy) is 2. The maximum atomic E-state index is 13.9. The zero-order valence-corrected chi connectivity index (χ0v) is 20.6. The Kier molecular flexibility index (Phi) is 7.33. The number of pyridine rings is 1. The number of hydrogen-bond acceptors (Lipinski definition) is 5. The topological polar surface area (TPSA) is 80.8 Å². The Morgan fingerprint density at radius 1 is 0.919 bits per heavy atom. The molecule has 2 heterocycles. The number of hydrogen-bond donors (Lipinski definition) is 1. The first-order chi connectivity index (χ1) is 18.1. The third kappa shape index (κ3) is 5.90. The Morgan fingerprint density at radius 2 is 1.68 bits per heavy atom. The molecular weight excluding hydrogens is 490 g/mol. The Bertz CT molecular complexity index is 1380. The second kappa shape index (κ2) is 11.1. The zero-order chi connectivity index (χ0) is 25.6. The van der Waals surface area contributed by atoms with Crippen molar-refractivity contribution in [2.45, 2.75) is 19.0 Å². The van der Waals surface area contributed by atoms with Crippen molar-refractivity contribution in [2.75, 3.05) is 12.1 Å². The van der Waals surface area contributed by atoms with Crippen LogP contribution < -0.4 is 14.8 Å². The summed E-state index contributed by atoms with van der Waals surface area (Å²) in [6, 6.07) is 24.3. The average Bonchev–Trinajstić information content (AvgIpc) is 3.38. The van der Waals surface area contributed by atoms with Crippen molar-refractivity contribution in [3.63, 3.8) is 0 Å². The molecular formula is C29H24ClN3O4. The number of rotatable bonds is 8. The van der Waals surface area contributed by atoms with Crippen molar-refractivity contribution >= 4 is 29.1 Å². The Labute approximate surface area is 219 Å². The first kappa shape index (κ1) is 24.3. The normalized spacial score (nSPS) is 12.6. The molecule has 2 amide bonds. The fourth-order valence-corrected chi connectivity index (χ4v) is 4.31. The van der Waals surface area contributed by atoms with Crippen molar-refractivity contribution in [3.05, 3.63) is 119 Å². The standard InChI is InChI=1S/C29H24ClN3O4/c30-23-10-8-22(9-11-23)28(29(35)32-24-12-13-25-26(16-24)37-19-36-25)33(18-21-7-4-14-31-17-21)27(34)15-20-5-2-1-3-6-20/h1-14,16-17,28H,15,18-19H2,(H,32,35). The monoisotopic (exact) mass is 513 g/mol. The van der Waals surface area contributed by atoms with Gasteiger partial charge in [-0.05, 0) is 47.0 Å². The molecule has 0 saturated heterocycles. The molecule has 1 aromatic heterocycles. The molecule has 4 aromatic rings. The van der Waals surface area contributed by atoms with Gasteiger partial charge in [0.15, 0.2) is 11.5 Å². The lowest BCUT2D eigenvalue weighted by Gasteiger charge is -2.32. The van der Waals surface area contributed by atoms with Crippen molar-refractivity contribution in [1.29, 1.82) is 0 Å². The SMILES string of the molecule is O=C(Nc1ccc2c(c1)OCO2)C(c1ccc(Cl)cc1)N(Cc1cccnc1)C(=O)Cc1ccccc1. The number of nitrogens with one attached hydrogen (secondary N) is 1. The quantitative estimate of drug-likeness (QED) is 0.340. The number of nitrogens with zero attached hydrogens (tertiary/aromatic N) is 2. The number of aromatic nitrogens is 1. The van der Waals surface area contributed by atoms with E-state index in [1.807, 2.05) is 36.4 Å². The van der Waals surface area contributed by atoms with Gasteiger partial charge in [0.1, 0.15) is 6.04 Å². The summed E-state index contributed by atoms with van der Waals surface area (Å²) in [5.74, 6) is 0.596. The highest BCUT2D eigenvalue weighted by Gasteiger charge is 2.32. The van der Waals surface area contributed by atoms with Crippen LogP contribution in [0, 0.1) is 0 Å². The Morgan fingerprint density at radius 3 is 2.43 bits per heavy atom. The summed E-state index contributed by atoms with van der Waals surface area (Å²) in [5.41, 5.74) is 2.83. The van der Waals surface area contributed by atoms with Gasteiger partial charge in [0.25, 0.3) is 5.91 Å². The predicted octanol–water partition coefficient (Wildman–Crippen LogP) is 5.42. The van der Waals surface area contributed by atoms with Crippen LogP contribution in [0.15, 0.2) is 97.3 Å². The molecule has 1 aliphatic rings. The van der Waals surface area contributed by atoms with Crippen LogP contribution in [-0.4, -0.2) is 28.5 Å². The van der Waals surface area contributed by atoms with Crippen LogP contribution in [0.3, 0.4) is 0 Å². The molecule has 1 N–H and O–H groups in total. The van der Waals surface area contributed by atoms with E-state index < -0.39 is 6.04 Å². The van der Waals surface area contributed by atoms with Crippen molar-refractivity contribution in [1.82, 2.24) is 9.88 Å². The number of amides is 2. The smallest absolute Gasteiger partial charge is 0.251 e. The molecule has 1 unspecified atom stereocenters. The maximum absolute atomic E-state index is 13.9. The first-order valence-electron chi connectivity index (χ1n) is 11.7. The molecule has 1 aliphatic heterocycles. The van der Waals surface area contributed by atoms with Gasteiger partial charge in [-0.1, -0.05) is 60.1 Å². The summed E-state index contributed by atoms with van der Waals surface area (Å²) >= 11 is 6.14. The number of fused-ring (bicyclic) bond motifs is 1. The molecule has 0 saturated carbocycles. The van der Waals surface area contributed by atoms with Crippen LogP contribution in [0.25, 0.3) is 0 Å². The van der Waals surface area contributed by atoms with Crippen molar-refractivity contribution in [2.24, 2.45) is 0 Å². The van der Waals surface area contributed by atoms with E-state index >= 15 is 0 Å². The fraction of sp³-hybridized carbons (Fsp3) is 0.138. The van der Waals surface area contributed by atoms with E-state index in [9.17, 15) is 9.59 Å². The van der Waals surface area contributed by atoms with E-state index in [0.29, 0.717) is 27.8 Å². The summed E-state index contributed by atoms with van der Waals surface area (Å²) in [6.07, 6.45) is 3.50. The van der Waals surface area contributed by atoms with Gasteiger partial charge in [0.2, 0.25) is 12.7 Å². The predicted molar refractivity (Wildman–Crippen MR) is 140 cm³/mol. The highest BCUT2D eigenvalue weighted by atomic mass is 35.5. The summed E-state index contributed by atoms with van der Waals surface area (Å²) in [5, 5.41) is 3.49. The van der Waals surface area contributed by atoms with Gasteiger partial charge in [-0.25, -0.2) is 0 Å². The summed E-state index contributed by atoms with van der Waals surface area (Å²) in [7, 11) is 0. The number of carbonyl (C=O) groups excluding carboxylic acids is 2. The van der Waals surface area contributed by atoms with Gasteiger partial charge >= 0.3 is 0 Å². The molecule has 5 rings (SSSR count). The van der Waals surface area contributed by atoms with Gasteiger partial charge in [0, 0.05) is 35.7 Å². The van der Waals surface area contributed by atoms with E-state index in [2.05, 4.69) is 10.3 Å². The number of halogens is 1. The number of carbonyl (C=O) groups is 2. The second-order valence-electron chi connectivity index (χ2n) is 8.56. The molecule has 0 radical (unpaired) electrons. The van der Waals surface area contributed by atoms with Gasteiger partial charge < -0.3 is 19.7 Å². The Hall–Kier alpha value is -4.36. The van der Waals surface area contributed by atoms with E-state index in [4.69, 9.17) is 21.1 Å². The van der Waals surface area contributed by atoms with Gasteiger partial charge in [-0.3, -0.25) is 14.6 Å². The van der Waals surface area contributed by atoms with E-state index in [1.165, 1.54) is 0 Å². The molecule has 0 fully saturated rings. The van der Waals surface area contributed by atoms with Crippen LogP contribution in [0.2, 0.25) is 5.02 Å². The summed E-state index contributed by atoms with van der Waals surface area (Å²) in [6.45, 7) is 0.328. The van der Waals surface area contributed by atoms with Crippen molar-refractivity contribution in [3.8, 4) is 11.5 Å². The number of anilines is 1. The van der Waals surface area contributed by atoms with E-state index in [1.54, 1.807) is 65.8 Å². The molecule has 186 valence electrons. The Balaban J connectivity index is 1.51. The van der Waals surface area contributed by atoms with Crippen LogP contribution in [0.4, 0.5) is 5.69 Å². The molecule has 0 spiro atoms. The van der Waals surface area contributed by atoms with Crippen LogP contribution in [-0.2, 0) is 22.6 Å². The molecule has 3 aromatic carbocycles. The van der Waals surface area contributed by atoms with Gasteiger partial charge in [-0.15, -0.1) is 0 Å². The third-order valence-corrected chi connectivity index (χ3v) is 6.23. The molecule has 7 nitrogen and oxygen atoms in total. The first-order valence-corrected chi connectivity index (χ1v) is 12.1. The third-order valence-electron chi connectivity index (χ3n) is 5.98. The highest BCUT2D eigenvalue weighted by molar-refractivity contribution is 6.30. The fourth-order valence-electron chi connectivity index (χ4n) is 4.19. The highest BCUT2D eigenvalue weighted by Crippen LogP contribution is 2.35. The zero-order valence-electron chi connectivity index (χ0n) is 19.8. The van der Waals surface area contributed by atoms with Crippen LogP contribution >= 0.6 is 11.6 Å². The minimum absolute atomic E-state index is 0.132. The molecule has 1 atom stereocenters. The average molecular weight is 514 g/mol. The van der Waals surface area contributed by atoms with Crippen LogP contribution in [0.5, 0.6) is 11.5 Å². The van der Waals surface area contributed by atoms with Gasteiger partial charge in [0.05, 0.1) is 6.42 Å². The minimum atomic E-state index is -0.931. The van der Waals surface area contributed by atoms with Gasteiger partial charge in [-0.2, -0.15) is 0 Å². The molecule has 8 heteroatoms. The second-order valence-corrected chi connectivity index (χ2v) is 8.99. The summed E-state index contributed by atoms with van der Waals surface area (Å²) in [4.78, 5) is 33.4. The van der Waals surface area contributed by atoms with Crippen molar-refractivity contribution < 1.29 is 19.1 Å². The molecule has 0 bridgehead atoms. The van der Waals surface area contributed by atoms with E-state index in [0.717, 1.165) is 11.1 Å². The lowest BCUT2D eigenvalue weighted by Crippen LogP contribution is -2.41. The molecule has 37 heavy (non-hydrogen) atoms. The summed E-state index contributed by atoms with van der Waals surface area (Å²) < 4.78 is 10.8. The lowest BCUT2D eigenvalue weighted by molar-refractivity contribution is -0.139. The van der Waals surface area contributed by atoms with Crippen LogP contribution in [0.1, 0.15) is 22.7 Å². The minimum Gasteiger partial charge on any atom is -0.454 e.